The van der Waals surface area contributed by atoms with Gasteiger partial charge in [0.15, 0.2) is 11.6 Å². The molecule has 2 aromatic heterocycles. The van der Waals surface area contributed by atoms with Crippen molar-refractivity contribution in [3.8, 4) is 5.69 Å². The molecule has 0 aliphatic carbocycles. The molecule has 2 N–H and O–H groups in total. The number of ether oxygens (including phenoxy) is 1. The summed E-state index contributed by atoms with van der Waals surface area (Å²) in [5.74, 6) is 1.50. The summed E-state index contributed by atoms with van der Waals surface area (Å²) in [6.07, 6.45) is 1.71. The third-order valence-corrected chi connectivity index (χ3v) is 4.07. The molecule has 0 bridgehead atoms. The van der Waals surface area contributed by atoms with Gasteiger partial charge in [-0.15, -0.1) is 5.10 Å². The van der Waals surface area contributed by atoms with E-state index in [9.17, 15) is 4.79 Å². The van der Waals surface area contributed by atoms with Crippen LogP contribution in [-0.2, 0) is 11.3 Å². The minimum atomic E-state index is -0.385. The topological polar surface area (TPSA) is 133 Å². The Bertz CT molecular complexity index is 931. The van der Waals surface area contributed by atoms with Crippen LogP contribution in [0.25, 0.3) is 5.69 Å². The number of hydrogen-bond acceptors (Lipinski definition) is 8. The number of carbonyl (C=O) groups excluding carboxylic acids is 1. The van der Waals surface area contributed by atoms with Gasteiger partial charge in [0.1, 0.15) is 6.10 Å². The molecule has 1 aliphatic rings. The molecule has 1 fully saturated rings. The average molecular weight is 370 g/mol. The number of anilines is 1. The molecule has 27 heavy (non-hydrogen) atoms. The molecule has 1 aromatic carbocycles. The Morgan fingerprint density at radius 1 is 1.41 bits per heavy atom. The summed E-state index contributed by atoms with van der Waals surface area (Å²) in [6.45, 7) is 2.64. The predicted octanol–water partition coefficient (Wildman–Crippen LogP) is 1.53. The molecule has 2 amide bonds. The average Bonchev–Trinajstić information content (AvgIpc) is 3.41. The summed E-state index contributed by atoms with van der Waals surface area (Å²) in [5, 5.41) is 20.7. The number of tetrazole rings is 1. The molecule has 1 atom stereocenters. The van der Waals surface area contributed by atoms with Crippen LogP contribution >= 0.6 is 0 Å². The Morgan fingerprint density at radius 2 is 2.33 bits per heavy atom. The highest BCUT2D eigenvalue weighted by molar-refractivity contribution is 5.89. The highest BCUT2D eigenvalue weighted by atomic mass is 16.5. The number of rotatable bonds is 5. The lowest BCUT2D eigenvalue weighted by Gasteiger charge is -2.08. The standard InChI is InChI=1S/C16H18N8O3/c1-10-20-22-23-24(10)12-5-2-4-11(8-12)18-16(25)17-9-14-19-15(27-21-14)13-6-3-7-26-13/h2,4-5,8,13H,3,6-7,9H2,1H3,(H2,17,18,25). The van der Waals surface area contributed by atoms with Gasteiger partial charge in [-0.2, -0.15) is 9.67 Å². The second kappa shape index (κ2) is 7.50. The van der Waals surface area contributed by atoms with Crippen LogP contribution in [0, 0.1) is 6.92 Å². The van der Waals surface area contributed by atoms with Crippen LogP contribution in [-0.4, -0.2) is 43.0 Å². The van der Waals surface area contributed by atoms with Crippen molar-refractivity contribution in [3.63, 3.8) is 0 Å². The van der Waals surface area contributed by atoms with Gasteiger partial charge in [-0.25, -0.2) is 4.79 Å². The lowest BCUT2D eigenvalue weighted by atomic mass is 10.2. The lowest BCUT2D eigenvalue weighted by molar-refractivity contribution is 0.0835. The zero-order valence-corrected chi connectivity index (χ0v) is 14.6. The number of hydrogen-bond donors (Lipinski definition) is 2. The summed E-state index contributed by atoms with van der Waals surface area (Å²) in [6, 6.07) is 6.81. The van der Waals surface area contributed by atoms with Gasteiger partial charge in [0, 0.05) is 12.3 Å². The summed E-state index contributed by atoms with van der Waals surface area (Å²) >= 11 is 0. The maximum atomic E-state index is 12.1. The predicted molar refractivity (Wildman–Crippen MR) is 92.0 cm³/mol. The van der Waals surface area contributed by atoms with Crippen molar-refractivity contribution in [2.24, 2.45) is 0 Å². The Morgan fingerprint density at radius 3 is 3.11 bits per heavy atom. The SMILES string of the molecule is Cc1nnnn1-c1cccc(NC(=O)NCc2noc(C3CCCO3)n2)c1. The Kier molecular flexibility index (Phi) is 4.75. The fourth-order valence-corrected chi connectivity index (χ4v) is 2.76. The number of aryl methyl sites for hydroxylation is 1. The fraction of sp³-hybridized carbons (Fsp3) is 0.375. The van der Waals surface area contributed by atoms with E-state index in [4.69, 9.17) is 9.26 Å². The van der Waals surface area contributed by atoms with E-state index in [0.29, 0.717) is 29.8 Å². The number of benzene rings is 1. The Labute approximate surface area is 154 Å². The molecule has 0 spiro atoms. The van der Waals surface area contributed by atoms with E-state index in [-0.39, 0.29) is 18.7 Å². The molecular weight excluding hydrogens is 352 g/mol. The molecule has 3 aromatic rings. The zero-order chi connectivity index (χ0) is 18.6. The summed E-state index contributed by atoms with van der Waals surface area (Å²) < 4.78 is 12.3. The Balaban J connectivity index is 1.34. The van der Waals surface area contributed by atoms with E-state index in [1.165, 1.54) is 0 Å². The Hall–Kier alpha value is -3.34. The number of aromatic nitrogens is 6. The first kappa shape index (κ1) is 17.1. The zero-order valence-electron chi connectivity index (χ0n) is 14.6. The van der Waals surface area contributed by atoms with Crippen LogP contribution in [0.1, 0.15) is 36.5 Å². The normalized spacial score (nSPS) is 16.4. The third kappa shape index (κ3) is 3.92. The molecule has 1 aliphatic heterocycles. The quantitative estimate of drug-likeness (QED) is 0.691. The van der Waals surface area contributed by atoms with Crippen LogP contribution in [0.15, 0.2) is 28.8 Å². The second-order valence-corrected chi connectivity index (χ2v) is 6.05. The van der Waals surface area contributed by atoms with Crippen molar-refractivity contribution in [3.05, 3.63) is 41.8 Å². The number of urea groups is 1. The summed E-state index contributed by atoms with van der Waals surface area (Å²) in [7, 11) is 0. The largest absolute Gasteiger partial charge is 0.368 e. The molecule has 140 valence electrons. The van der Waals surface area contributed by atoms with Crippen LogP contribution in [0.3, 0.4) is 0 Å². The molecule has 0 radical (unpaired) electrons. The molecule has 1 unspecified atom stereocenters. The van der Waals surface area contributed by atoms with Gasteiger partial charge in [-0.1, -0.05) is 11.2 Å². The van der Waals surface area contributed by atoms with Crippen molar-refractivity contribution in [2.75, 3.05) is 11.9 Å². The van der Waals surface area contributed by atoms with Gasteiger partial charge >= 0.3 is 6.03 Å². The van der Waals surface area contributed by atoms with E-state index in [1.807, 2.05) is 6.07 Å². The first-order valence-corrected chi connectivity index (χ1v) is 8.53. The van der Waals surface area contributed by atoms with E-state index in [2.05, 4.69) is 36.3 Å². The maximum Gasteiger partial charge on any atom is 0.319 e. The van der Waals surface area contributed by atoms with Gasteiger partial charge in [0.2, 0.25) is 0 Å². The highest BCUT2D eigenvalue weighted by Gasteiger charge is 2.23. The van der Waals surface area contributed by atoms with Crippen LogP contribution in [0.5, 0.6) is 0 Å². The molecule has 11 nitrogen and oxygen atoms in total. The molecule has 3 heterocycles. The van der Waals surface area contributed by atoms with E-state index >= 15 is 0 Å². The monoisotopic (exact) mass is 370 g/mol. The minimum absolute atomic E-state index is 0.141. The van der Waals surface area contributed by atoms with Crippen molar-refractivity contribution >= 4 is 11.7 Å². The first-order valence-electron chi connectivity index (χ1n) is 8.53. The number of amides is 2. The van der Waals surface area contributed by atoms with Crippen molar-refractivity contribution < 1.29 is 14.1 Å². The first-order chi connectivity index (χ1) is 13.2. The maximum absolute atomic E-state index is 12.1. The smallest absolute Gasteiger partial charge is 0.319 e. The van der Waals surface area contributed by atoms with Crippen LogP contribution in [0.2, 0.25) is 0 Å². The van der Waals surface area contributed by atoms with E-state index < -0.39 is 0 Å². The van der Waals surface area contributed by atoms with Gasteiger partial charge in [-0.05, 0) is 48.4 Å². The van der Waals surface area contributed by atoms with Gasteiger partial charge in [0.25, 0.3) is 5.89 Å². The number of carbonyl (C=O) groups is 1. The lowest BCUT2D eigenvalue weighted by Crippen LogP contribution is -2.28. The van der Waals surface area contributed by atoms with Crippen molar-refractivity contribution in [1.82, 2.24) is 35.7 Å². The van der Waals surface area contributed by atoms with Crippen LogP contribution < -0.4 is 10.6 Å². The van der Waals surface area contributed by atoms with Gasteiger partial charge < -0.3 is 19.9 Å². The summed E-state index contributed by atoms with van der Waals surface area (Å²) in [5.41, 5.74) is 1.35. The van der Waals surface area contributed by atoms with Gasteiger partial charge in [0.05, 0.1) is 12.2 Å². The molecule has 11 heteroatoms. The third-order valence-electron chi connectivity index (χ3n) is 4.07. The van der Waals surface area contributed by atoms with Crippen molar-refractivity contribution in [1.29, 1.82) is 0 Å². The number of nitrogens with zero attached hydrogens (tertiary/aromatic N) is 6. The number of nitrogens with one attached hydrogen (secondary N) is 2. The molecular formula is C16H18N8O3. The van der Waals surface area contributed by atoms with E-state index in [1.54, 1.807) is 29.8 Å². The van der Waals surface area contributed by atoms with Gasteiger partial charge in [-0.3, -0.25) is 0 Å². The molecule has 0 saturated carbocycles. The highest BCUT2D eigenvalue weighted by Crippen LogP contribution is 2.26. The van der Waals surface area contributed by atoms with Crippen LogP contribution in [0.4, 0.5) is 10.5 Å². The molecule has 1 saturated heterocycles. The second-order valence-electron chi connectivity index (χ2n) is 6.05. The minimum Gasteiger partial charge on any atom is -0.368 e. The molecule has 4 rings (SSSR count). The summed E-state index contributed by atoms with van der Waals surface area (Å²) in [4.78, 5) is 16.4. The van der Waals surface area contributed by atoms with Crippen molar-refractivity contribution in [2.45, 2.75) is 32.4 Å². The van der Waals surface area contributed by atoms with E-state index in [0.717, 1.165) is 18.5 Å². The fourth-order valence-electron chi connectivity index (χ4n) is 2.76.